The fourth-order valence-electron chi connectivity index (χ4n) is 5.25. The van der Waals surface area contributed by atoms with Crippen LogP contribution in [0.3, 0.4) is 0 Å². The minimum Gasteiger partial charge on any atom is -0.394 e. The maximum atomic E-state index is 13.1. The third-order valence-electron chi connectivity index (χ3n) is 8.00. The molecule has 2 heterocycles. The van der Waals surface area contributed by atoms with Crippen LogP contribution in [0.5, 0.6) is 0 Å². The zero-order chi connectivity index (χ0) is 32.9. The number of ether oxygens (including phenoxy) is 1. The van der Waals surface area contributed by atoms with Crippen molar-refractivity contribution in [1.29, 1.82) is 0 Å². The van der Waals surface area contributed by atoms with Crippen molar-refractivity contribution in [2.24, 2.45) is 0 Å². The lowest BCUT2D eigenvalue weighted by Gasteiger charge is -2.18. The van der Waals surface area contributed by atoms with Crippen molar-refractivity contribution < 1.29 is 39.9 Å². The molecule has 0 spiro atoms. The van der Waals surface area contributed by atoms with Gasteiger partial charge in [0.15, 0.2) is 12.0 Å². The van der Waals surface area contributed by atoms with Gasteiger partial charge < -0.3 is 40.9 Å². The molecule has 1 saturated heterocycles. The SMILES string of the molecule is CCCCCCCCCCCCCCCCCC(=O)N[C@H](CSC[C@H](O)CO)C(=O)Nc1cn([C@H]2OC(CO)[C@@H](O)[C@H]2O)nn1. The van der Waals surface area contributed by atoms with E-state index in [0.717, 1.165) is 30.4 Å². The summed E-state index contributed by atoms with van der Waals surface area (Å²) in [5.41, 5.74) is 0. The highest BCUT2D eigenvalue weighted by molar-refractivity contribution is 7.99. The monoisotopic (exact) mass is 659 g/mol. The highest BCUT2D eigenvalue weighted by Gasteiger charge is 2.44. The molecule has 45 heavy (non-hydrogen) atoms. The van der Waals surface area contributed by atoms with Gasteiger partial charge in [-0.05, 0) is 6.42 Å². The van der Waals surface area contributed by atoms with Gasteiger partial charge in [0.2, 0.25) is 11.8 Å². The van der Waals surface area contributed by atoms with Gasteiger partial charge in [-0.1, -0.05) is 102 Å². The largest absolute Gasteiger partial charge is 0.394 e. The molecule has 260 valence electrons. The summed E-state index contributed by atoms with van der Waals surface area (Å²) in [6, 6.07) is -0.927. The summed E-state index contributed by atoms with van der Waals surface area (Å²) in [6.07, 6.45) is 14.4. The van der Waals surface area contributed by atoms with Crippen molar-refractivity contribution >= 4 is 29.4 Å². The molecule has 1 aromatic rings. The number of carbonyl (C=O) groups is 2. The van der Waals surface area contributed by atoms with E-state index in [1.165, 1.54) is 88.6 Å². The quantitative estimate of drug-likeness (QED) is 0.0722. The number of aliphatic hydroxyl groups excluding tert-OH is 5. The summed E-state index contributed by atoms with van der Waals surface area (Å²) < 4.78 is 6.56. The molecule has 0 saturated carbocycles. The Morgan fingerprint density at radius 1 is 0.911 bits per heavy atom. The molecule has 1 fully saturated rings. The standard InChI is InChI=1S/C31H57N5O8S/c1-2-3-4-5-6-7-8-9-10-11-12-13-14-15-16-17-27(40)32-24(22-45-21-23(39)19-37)30(43)33-26-18-36(35-34-26)31-29(42)28(41)25(20-38)44-31/h18,23-25,28-29,31,37-39,41-42H,2-17,19-22H2,1H3,(H,32,40)(H,33,43)/t23-,24-,25?,28-,29-,31+/m1/s1. The Morgan fingerprint density at radius 3 is 2.02 bits per heavy atom. The molecule has 0 bridgehead atoms. The fraction of sp³-hybridized carbons (Fsp3) is 0.871. The maximum absolute atomic E-state index is 13.1. The second kappa shape index (κ2) is 23.5. The van der Waals surface area contributed by atoms with E-state index in [9.17, 15) is 30.0 Å². The number of thioether (sulfide) groups is 1. The average molecular weight is 660 g/mol. The van der Waals surface area contributed by atoms with Crippen molar-refractivity contribution in [3.05, 3.63) is 6.20 Å². The van der Waals surface area contributed by atoms with Gasteiger partial charge in [-0.15, -0.1) is 5.10 Å². The summed E-state index contributed by atoms with van der Waals surface area (Å²) in [6.45, 7) is 1.35. The van der Waals surface area contributed by atoms with Crippen LogP contribution in [0.15, 0.2) is 6.20 Å². The number of nitrogens with zero attached hydrogens (tertiary/aromatic N) is 3. The summed E-state index contributed by atoms with van der Waals surface area (Å²) in [5, 5.41) is 61.3. The average Bonchev–Trinajstić information content (AvgIpc) is 3.61. The van der Waals surface area contributed by atoms with E-state index in [1.54, 1.807) is 0 Å². The molecular formula is C31H57N5O8S. The van der Waals surface area contributed by atoms with Crippen LogP contribution in [-0.2, 0) is 14.3 Å². The van der Waals surface area contributed by atoms with E-state index < -0.39 is 55.8 Å². The number of amides is 2. The molecule has 0 aliphatic carbocycles. The predicted octanol–water partition coefficient (Wildman–Crippen LogP) is 2.66. The van der Waals surface area contributed by atoms with E-state index in [2.05, 4.69) is 27.9 Å². The van der Waals surface area contributed by atoms with Gasteiger partial charge in [-0.25, -0.2) is 4.68 Å². The zero-order valence-electron chi connectivity index (χ0n) is 26.9. The lowest BCUT2D eigenvalue weighted by Crippen LogP contribution is -2.45. The summed E-state index contributed by atoms with van der Waals surface area (Å²) in [5.74, 6) is -0.394. The second-order valence-electron chi connectivity index (χ2n) is 12.0. The highest BCUT2D eigenvalue weighted by atomic mass is 32.2. The predicted molar refractivity (Wildman–Crippen MR) is 174 cm³/mol. The molecule has 1 unspecified atom stereocenters. The third kappa shape index (κ3) is 15.6. The van der Waals surface area contributed by atoms with E-state index in [-0.39, 0.29) is 23.2 Å². The molecule has 1 aromatic heterocycles. The van der Waals surface area contributed by atoms with Gasteiger partial charge in [-0.2, -0.15) is 11.8 Å². The first kappa shape index (κ1) is 39.4. The molecule has 2 rings (SSSR count). The Bertz CT molecular complexity index is 942. The topological polar surface area (TPSA) is 199 Å². The van der Waals surface area contributed by atoms with E-state index in [4.69, 9.17) is 9.84 Å². The molecule has 2 amide bonds. The Kier molecular flexibility index (Phi) is 20.6. The third-order valence-corrected chi connectivity index (χ3v) is 9.19. The van der Waals surface area contributed by atoms with Crippen molar-refractivity contribution in [1.82, 2.24) is 20.3 Å². The summed E-state index contributed by atoms with van der Waals surface area (Å²) >= 11 is 1.22. The number of aliphatic hydroxyl groups is 5. The summed E-state index contributed by atoms with van der Waals surface area (Å²) in [7, 11) is 0. The van der Waals surface area contributed by atoms with Crippen LogP contribution in [0.1, 0.15) is 116 Å². The molecule has 1 aliphatic heterocycles. The van der Waals surface area contributed by atoms with Gasteiger partial charge in [0.05, 0.1) is 25.5 Å². The number of hydrogen-bond donors (Lipinski definition) is 7. The molecule has 14 heteroatoms. The van der Waals surface area contributed by atoms with E-state index >= 15 is 0 Å². The first-order chi connectivity index (χ1) is 21.8. The Labute approximate surface area is 271 Å². The first-order valence-corrected chi connectivity index (χ1v) is 18.0. The highest BCUT2D eigenvalue weighted by Crippen LogP contribution is 2.29. The van der Waals surface area contributed by atoms with Gasteiger partial charge in [-0.3, -0.25) is 9.59 Å². The van der Waals surface area contributed by atoms with Crippen LogP contribution in [0, 0.1) is 0 Å². The van der Waals surface area contributed by atoms with Crippen LogP contribution in [0.4, 0.5) is 5.82 Å². The first-order valence-electron chi connectivity index (χ1n) is 16.8. The molecule has 0 aromatic carbocycles. The lowest BCUT2D eigenvalue weighted by molar-refractivity contribution is -0.126. The van der Waals surface area contributed by atoms with Crippen molar-refractivity contribution in [3.63, 3.8) is 0 Å². The number of nitrogens with one attached hydrogen (secondary N) is 2. The summed E-state index contributed by atoms with van der Waals surface area (Å²) in [4.78, 5) is 25.8. The molecule has 7 N–H and O–H groups in total. The van der Waals surface area contributed by atoms with Crippen molar-refractivity contribution in [2.75, 3.05) is 30.0 Å². The van der Waals surface area contributed by atoms with Crippen LogP contribution in [-0.4, -0.2) is 108 Å². The molecule has 6 atom stereocenters. The van der Waals surface area contributed by atoms with E-state index in [0.29, 0.717) is 6.42 Å². The van der Waals surface area contributed by atoms with Crippen LogP contribution in [0.25, 0.3) is 0 Å². The Hall–Kier alpha value is -1.81. The number of rotatable bonds is 26. The number of carbonyl (C=O) groups excluding carboxylic acids is 2. The number of anilines is 1. The van der Waals surface area contributed by atoms with Crippen molar-refractivity contribution in [2.45, 2.75) is 146 Å². The Morgan fingerprint density at radius 2 is 1.49 bits per heavy atom. The van der Waals surface area contributed by atoms with Crippen LogP contribution < -0.4 is 10.6 Å². The van der Waals surface area contributed by atoms with E-state index in [1.807, 2.05) is 0 Å². The molecular weight excluding hydrogens is 602 g/mol. The number of hydrogen-bond acceptors (Lipinski definition) is 11. The van der Waals surface area contributed by atoms with Gasteiger partial charge in [0, 0.05) is 17.9 Å². The normalized spacial score (nSPS) is 21.1. The Balaban J connectivity index is 1.69. The minimum atomic E-state index is -1.35. The van der Waals surface area contributed by atoms with Crippen LogP contribution >= 0.6 is 11.8 Å². The molecule has 13 nitrogen and oxygen atoms in total. The molecule has 1 aliphatic rings. The van der Waals surface area contributed by atoms with Gasteiger partial charge in [0.1, 0.15) is 24.4 Å². The van der Waals surface area contributed by atoms with Crippen molar-refractivity contribution in [3.8, 4) is 0 Å². The fourth-order valence-corrected chi connectivity index (χ4v) is 6.24. The minimum absolute atomic E-state index is 0.0415. The van der Waals surface area contributed by atoms with Gasteiger partial charge >= 0.3 is 0 Å². The zero-order valence-corrected chi connectivity index (χ0v) is 27.7. The molecule has 0 radical (unpaired) electrons. The van der Waals surface area contributed by atoms with Crippen LogP contribution in [0.2, 0.25) is 0 Å². The second-order valence-corrected chi connectivity index (χ2v) is 13.1. The lowest BCUT2D eigenvalue weighted by atomic mass is 10.0. The maximum Gasteiger partial charge on any atom is 0.249 e. The van der Waals surface area contributed by atoms with Gasteiger partial charge in [0.25, 0.3) is 0 Å². The number of aromatic nitrogens is 3. The number of unbranched alkanes of at least 4 members (excludes halogenated alkanes) is 14. The smallest absolute Gasteiger partial charge is 0.249 e.